The van der Waals surface area contributed by atoms with E-state index >= 15 is 0 Å². The molecule has 0 radical (unpaired) electrons. The number of likely N-dealkylation sites (tertiary alicyclic amines) is 2. The van der Waals surface area contributed by atoms with Crippen molar-refractivity contribution < 1.29 is 75.5 Å². The van der Waals surface area contributed by atoms with Crippen molar-refractivity contribution in [1.82, 2.24) is 0 Å². The van der Waals surface area contributed by atoms with Gasteiger partial charge in [-0.25, -0.2) is 18.7 Å². The van der Waals surface area contributed by atoms with Gasteiger partial charge in [0, 0.05) is 37.2 Å². The van der Waals surface area contributed by atoms with Crippen LogP contribution in [-0.4, -0.2) is 95.6 Å². The molecule has 0 aliphatic carbocycles. The van der Waals surface area contributed by atoms with Crippen LogP contribution in [0.4, 0.5) is 0 Å². The molecule has 0 saturated carbocycles. The van der Waals surface area contributed by atoms with Crippen molar-refractivity contribution >= 4 is 64.1 Å². The maximum absolute atomic E-state index is 13.2. The molecule has 2 saturated heterocycles. The highest BCUT2D eigenvalue weighted by atomic mass is 33.1. The fraction of sp³-hybridized carbons (Fsp3) is 0.875. The summed E-state index contributed by atoms with van der Waals surface area (Å²) in [6.07, 6.45) is -0.443. The summed E-state index contributed by atoms with van der Waals surface area (Å²) >= 11 is 0. The van der Waals surface area contributed by atoms with E-state index in [0.29, 0.717) is 0 Å². The highest BCUT2D eigenvalue weighted by molar-refractivity contribution is 8.76. The van der Waals surface area contributed by atoms with E-state index in [2.05, 4.69) is 0 Å². The molecular formula is C16H34N2O14P4S2+2. The van der Waals surface area contributed by atoms with Crippen molar-refractivity contribution in [3.63, 3.8) is 0 Å². The number of quaternary nitrogens is 2. The van der Waals surface area contributed by atoms with Crippen LogP contribution >= 0.6 is 52.3 Å². The molecule has 16 nitrogen and oxygen atoms in total. The molecule has 22 heteroatoms. The van der Waals surface area contributed by atoms with Crippen molar-refractivity contribution in [3.05, 3.63) is 0 Å². The molecule has 8 N–H and O–H groups in total. The third kappa shape index (κ3) is 6.62. The lowest BCUT2D eigenvalue weighted by Crippen LogP contribution is -2.55. The first kappa shape index (κ1) is 34.8. The van der Waals surface area contributed by atoms with Gasteiger partial charge in [0.25, 0.3) is 0 Å². The van der Waals surface area contributed by atoms with E-state index in [-0.39, 0.29) is 37.2 Å². The van der Waals surface area contributed by atoms with Gasteiger partial charge < -0.3 is 19.6 Å². The number of hydrogen-bond donors (Lipinski definition) is 8. The van der Waals surface area contributed by atoms with Crippen LogP contribution in [0.25, 0.3) is 0 Å². The van der Waals surface area contributed by atoms with Crippen LogP contribution < -0.4 is 0 Å². The quantitative estimate of drug-likeness (QED) is 0.0872. The van der Waals surface area contributed by atoms with Gasteiger partial charge in [-0.3, -0.25) is 28.7 Å². The van der Waals surface area contributed by atoms with E-state index in [1.807, 2.05) is 0 Å². The van der Waals surface area contributed by atoms with Crippen molar-refractivity contribution in [1.29, 1.82) is 0 Å². The first-order valence-electron chi connectivity index (χ1n) is 11.4. The Morgan fingerprint density at radius 1 is 0.684 bits per heavy atom. The van der Waals surface area contributed by atoms with Crippen LogP contribution in [0.5, 0.6) is 0 Å². The minimum atomic E-state index is -5.34. The summed E-state index contributed by atoms with van der Waals surface area (Å²) in [5.74, 6) is -8.08. The number of amides is 2. The molecule has 2 aliphatic rings. The summed E-state index contributed by atoms with van der Waals surface area (Å²) in [5, 5.41) is 0. The average molecular weight is 666 g/mol. The molecule has 2 heterocycles. The Morgan fingerprint density at radius 2 is 0.974 bits per heavy atom. The van der Waals surface area contributed by atoms with E-state index in [1.165, 1.54) is 13.8 Å². The number of nitrogens with zero attached hydrogens (tertiary/aromatic N) is 2. The van der Waals surface area contributed by atoms with E-state index in [0.717, 1.165) is 21.6 Å². The highest BCUT2D eigenvalue weighted by Gasteiger charge is 2.67. The third-order valence-electron chi connectivity index (χ3n) is 6.94. The van der Waals surface area contributed by atoms with Crippen LogP contribution in [0.3, 0.4) is 0 Å². The van der Waals surface area contributed by atoms with Gasteiger partial charge in [-0.2, -0.15) is 8.51 Å². The van der Waals surface area contributed by atoms with Gasteiger partial charge in [-0.1, -0.05) is 21.6 Å². The van der Waals surface area contributed by atoms with Crippen molar-refractivity contribution in [2.75, 3.05) is 24.6 Å². The summed E-state index contributed by atoms with van der Waals surface area (Å²) in [6.45, 7) is 1.82. The van der Waals surface area contributed by atoms with Gasteiger partial charge in [0.1, 0.15) is 0 Å². The number of hydrogen-bond acceptors (Lipinski definition) is 8. The van der Waals surface area contributed by atoms with Gasteiger partial charge in [0.2, 0.25) is 11.6 Å². The summed E-state index contributed by atoms with van der Waals surface area (Å²) < 4.78 is 45.2. The molecule has 0 spiro atoms. The molecule has 2 amide bonds. The predicted octanol–water partition coefficient (Wildman–Crippen LogP) is 1.11. The van der Waals surface area contributed by atoms with E-state index in [4.69, 9.17) is 0 Å². The Morgan fingerprint density at radius 3 is 1.21 bits per heavy atom. The molecular weight excluding hydrogens is 632 g/mol. The van der Waals surface area contributed by atoms with E-state index in [9.17, 15) is 67.0 Å². The van der Waals surface area contributed by atoms with Crippen molar-refractivity contribution in [2.24, 2.45) is 11.8 Å². The second-order valence-corrected chi connectivity index (χ2v) is 19.2. The third-order valence-corrected chi connectivity index (χ3v) is 16.1. The van der Waals surface area contributed by atoms with Crippen LogP contribution in [0.2, 0.25) is 0 Å². The van der Waals surface area contributed by atoms with Crippen LogP contribution in [-0.2, 0) is 27.8 Å². The summed E-state index contributed by atoms with van der Waals surface area (Å²) in [7, 11) is -18.8. The summed E-state index contributed by atoms with van der Waals surface area (Å²) in [6, 6.07) is 0. The standard InChI is InChI=1S/C16H32N2O14P4S2/c1-11(15(19)17(35(27,28)29)7-3-5-13(17)33(21,22)23)9-37-38-10-12(2)16(20)18(36(30,31)32)8-4-6-14(18)34(24,25)26/h11-14H,3-10H2,1-2H3,(H6-2,21,22,23,24,25,26,27,28,29,30,31,32)/p+2/t11-,12-,13?,14?,17?,18?/m1/s1. The maximum Gasteiger partial charge on any atom is 0.534 e. The fourth-order valence-electron chi connectivity index (χ4n) is 5.17. The summed E-state index contributed by atoms with van der Waals surface area (Å²) in [4.78, 5) is 105. The zero-order valence-corrected chi connectivity index (χ0v) is 25.7. The molecule has 2 aliphatic heterocycles. The Hall–Kier alpha value is 0.560. The van der Waals surface area contributed by atoms with E-state index in [1.54, 1.807) is 0 Å². The van der Waals surface area contributed by atoms with Gasteiger partial charge in [0.05, 0.1) is 24.9 Å². The molecule has 6 atom stereocenters. The highest BCUT2D eigenvalue weighted by Crippen LogP contribution is 2.65. The molecule has 38 heavy (non-hydrogen) atoms. The molecule has 0 aromatic heterocycles. The molecule has 2 rings (SSSR count). The Bertz CT molecular complexity index is 1030. The second kappa shape index (κ2) is 12.0. The lowest BCUT2D eigenvalue weighted by atomic mass is 10.2. The lowest BCUT2D eigenvalue weighted by Gasteiger charge is -2.38. The number of rotatable bonds is 11. The van der Waals surface area contributed by atoms with E-state index < -0.39 is 87.5 Å². The summed E-state index contributed by atoms with van der Waals surface area (Å²) in [5.41, 5.74) is 0. The first-order valence-corrected chi connectivity index (χ1v) is 20.3. The van der Waals surface area contributed by atoms with Crippen LogP contribution in [0, 0.1) is 11.8 Å². The zero-order chi connectivity index (χ0) is 29.5. The molecule has 2 fully saturated rings. The minimum Gasteiger partial charge on any atom is -0.320 e. The predicted molar refractivity (Wildman–Crippen MR) is 138 cm³/mol. The molecule has 0 bridgehead atoms. The molecule has 0 aromatic rings. The fourth-order valence-corrected chi connectivity index (χ4v) is 14.6. The van der Waals surface area contributed by atoms with Gasteiger partial charge in [0.15, 0.2) is 0 Å². The normalized spacial score (nSPS) is 30.8. The van der Waals surface area contributed by atoms with Gasteiger partial charge >= 0.3 is 42.5 Å². The largest absolute Gasteiger partial charge is 0.534 e. The average Bonchev–Trinajstić information content (AvgIpc) is 3.40. The number of carbonyl (C=O) groups is 2. The monoisotopic (exact) mass is 666 g/mol. The second-order valence-electron chi connectivity index (χ2n) is 9.60. The Balaban J connectivity index is 2.11. The Kier molecular flexibility index (Phi) is 11.0. The topological polar surface area (TPSA) is 264 Å². The van der Waals surface area contributed by atoms with Crippen LogP contribution in [0.15, 0.2) is 0 Å². The number of carbonyl (C=O) groups excluding carboxylic acids is 2. The lowest BCUT2D eigenvalue weighted by molar-refractivity contribution is -0.748. The molecule has 4 unspecified atom stereocenters. The SMILES string of the molecule is C[C@H](CSSC[C@@H](C)C(=O)[N+]1(P(=O)(O)O)CCCC1P(=O)(O)O)C(=O)[N+]1(P(=O)(O)O)CCCC1P(=O)(O)O. The van der Waals surface area contributed by atoms with Crippen molar-refractivity contribution in [3.8, 4) is 0 Å². The van der Waals surface area contributed by atoms with Gasteiger partial charge in [-0.05, 0) is 13.8 Å². The molecule has 222 valence electrons. The van der Waals surface area contributed by atoms with Crippen LogP contribution in [0.1, 0.15) is 39.5 Å². The smallest absolute Gasteiger partial charge is 0.320 e. The van der Waals surface area contributed by atoms with Crippen molar-refractivity contribution in [2.45, 2.75) is 51.1 Å². The van der Waals surface area contributed by atoms with Gasteiger partial charge in [-0.15, -0.1) is 0 Å². The zero-order valence-electron chi connectivity index (χ0n) is 20.5. The maximum atomic E-state index is 13.2. The Labute approximate surface area is 226 Å². The molecule has 0 aromatic carbocycles. The first-order chi connectivity index (χ1) is 17.0. The minimum absolute atomic E-state index is 0.0239.